The lowest BCUT2D eigenvalue weighted by molar-refractivity contribution is 0.107. The van der Waals surface area contributed by atoms with Crippen LogP contribution in [0.3, 0.4) is 0 Å². The van der Waals surface area contributed by atoms with Crippen LogP contribution in [0.4, 0.5) is 0 Å². The van der Waals surface area contributed by atoms with Gasteiger partial charge in [-0.25, -0.2) is 0 Å². The second-order valence-electron chi connectivity index (χ2n) is 3.37. The van der Waals surface area contributed by atoms with Gasteiger partial charge >= 0.3 is 0 Å². The molecule has 1 atom stereocenters. The van der Waals surface area contributed by atoms with Crippen LogP contribution in [0.2, 0.25) is 0 Å². The van der Waals surface area contributed by atoms with E-state index in [9.17, 15) is 5.11 Å². The van der Waals surface area contributed by atoms with Gasteiger partial charge in [-0.1, -0.05) is 22.0 Å². The topological polar surface area (TPSA) is 41.5 Å². The van der Waals surface area contributed by atoms with Crippen LogP contribution in [0.15, 0.2) is 41.4 Å². The van der Waals surface area contributed by atoms with Gasteiger partial charge in [0.05, 0.1) is 0 Å². The van der Waals surface area contributed by atoms with E-state index in [1.165, 1.54) is 0 Å². The van der Waals surface area contributed by atoms with Crippen LogP contribution in [0.1, 0.15) is 0 Å². The number of aliphatic hydroxyl groups is 1. The molecule has 16 heavy (non-hydrogen) atoms. The molecule has 0 spiro atoms. The fourth-order valence-corrected chi connectivity index (χ4v) is 1.40. The molecule has 1 aromatic rings. The van der Waals surface area contributed by atoms with Crippen LogP contribution in [0.25, 0.3) is 0 Å². The second-order valence-corrected chi connectivity index (χ2v) is 4.28. The Labute approximate surface area is 104 Å². The lowest BCUT2D eigenvalue weighted by Gasteiger charge is -2.12. The maximum absolute atomic E-state index is 9.56. The third-order valence-corrected chi connectivity index (χ3v) is 2.45. The monoisotopic (exact) mass is 285 g/mol. The fraction of sp³-hybridized carbons (Fsp3) is 0.333. The smallest absolute Gasteiger partial charge is 0.119 e. The third kappa shape index (κ3) is 5.30. The molecule has 0 aromatic heterocycles. The normalized spacial score (nSPS) is 12.1. The third-order valence-electron chi connectivity index (χ3n) is 1.92. The Morgan fingerprint density at radius 1 is 1.44 bits per heavy atom. The van der Waals surface area contributed by atoms with Crippen molar-refractivity contribution in [2.75, 3.05) is 19.7 Å². The van der Waals surface area contributed by atoms with E-state index in [1.807, 2.05) is 24.3 Å². The van der Waals surface area contributed by atoms with Gasteiger partial charge in [0.2, 0.25) is 0 Å². The minimum atomic E-state index is -0.511. The largest absolute Gasteiger partial charge is 0.491 e. The van der Waals surface area contributed by atoms with E-state index in [4.69, 9.17) is 4.74 Å². The number of nitrogens with one attached hydrogen (secondary N) is 1. The SMILES string of the molecule is C=CCNCC(O)COc1ccc(Br)cc1. The van der Waals surface area contributed by atoms with Crippen molar-refractivity contribution in [1.29, 1.82) is 0 Å². The van der Waals surface area contributed by atoms with Crippen molar-refractivity contribution in [3.05, 3.63) is 41.4 Å². The van der Waals surface area contributed by atoms with Gasteiger partial charge in [-0.2, -0.15) is 0 Å². The Kier molecular flexibility index (Phi) is 6.15. The summed E-state index contributed by atoms with van der Waals surface area (Å²) in [6, 6.07) is 7.51. The Hall–Kier alpha value is -0.840. The van der Waals surface area contributed by atoms with Gasteiger partial charge < -0.3 is 15.2 Å². The Morgan fingerprint density at radius 2 is 2.12 bits per heavy atom. The summed E-state index contributed by atoms with van der Waals surface area (Å²) in [4.78, 5) is 0. The molecule has 3 nitrogen and oxygen atoms in total. The van der Waals surface area contributed by atoms with E-state index in [0.717, 1.165) is 10.2 Å². The molecule has 1 rings (SSSR count). The lowest BCUT2D eigenvalue weighted by Crippen LogP contribution is -2.31. The number of rotatable bonds is 7. The predicted octanol–water partition coefficient (Wildman–Crippen LogP) is 1.96. The van der Waals surface area contributed by atoms with Gasteiger partial charge in [0.1, 0.15) is 18.5 Å². The molecular formula is C12H16BrNO2. The van der Waals surface area contributed by atoms with Crippen LogP contribution < -0.4 is 10.1 Å². The van der Waals surface area contributed by atoms with Gasteiger partial charge in [0, 0.05) is 17.6 Å². The first-order valence-corrected chi connectivity index (χ1v) is 5.89. The van der Waals surface area contributed by atoms with Gasteiger partial charge in [-0.05, 0) is 24.3 Å². The molecule has 88 valence electrons. The molecule has 2 N–H and O–H groups in total. The van der Waals surface area contributed by atoms with Gasteiger partial charge in [0.15, 0.2) is 0 Å². The summed E-state index contributed by atoms with van der Waals surface area (Å²) in [5, 5.41) is 12.6. The van der Waals surface area contributed by atoms with E-state index in [1.54, 1.807) is 6.08 Å². The lowest BCUT2D eigenvalue weighted by atomic mass is 10.3. The first-order chi connectivity index (χ1) is 7.72. The fourth-order valence-electron chi connectivity index (χ4n) is 1.13. The zero-order chi connectivity index (χ0) is 11.8. The summed E-state index contributed by atoms with van der Waals surface area (Å²) < 4.78 is 6.42. The highest BCUT2D eigenvalue weighted by molar-refractivity contribution is 9.10. The van der Waals surface area contributed by atoms with Crippen molar-refractivity contribution in [2.24, 2.45) is 0 Å². The van der Waals surface area contributed by atoms with Gasteiger partial charge in [-0.3, -0.25) is 0 Å². The minimum Gasteiger partial charge on any atom is -0.491 e. The number of hydrogen-bond donors (Lipinski definition) is 2. The molecule has 0 aliphatic rings. The predicted molar refractivity (Wildman–Crippen MR) is 68.7 cm³/mol. The molecule has 0 heterocycles. The summed E-state index contributed by atoms with van der Waals surface area (Å²) in [6.07, 6.45) is 1.24. The van der Waals surface area contributed by atoms with Gasteiger partial charge in [-0.15, -0.1) is 6.58 Å². The molecule has 1 unspecified atom stereocenters. The Morgan fingerprint density at radius 3 is 2.75 bits per heavy atom. The van der Waals surface area contributed by atoms with Gasteiger partial charge in [0.25, 0.3) is 0 Å². The molecule has 0 fully saturated rings. The second kappa shape index (κ2) is 7.44. The van der Waals surface area contributed by atoms with E-state index < -0.39 is 6.10 Å². The molecule has 0 radical (unpaired) electrons. The molecule has 0 saturated heterocycles. The first-order valence-electron chi connectivity index (χ1n) is 5.10. The average Bonchev–Trinajstić information content (AvgIpc) is 2.29. The number of hydrogen-bond acceptors (Lipinski definition) is 3. The quantitative estimate of drug-likeness (QED) is 0.595. The number of ether oxygens (including phenoxy) is 1. The minimum absolute atomic E-state index is 0.284. The van der Waals surface area contributed by atoms with Crippen molar-refractivity contribution in [2.45, 2.75) is 6.10 Å². The van der Waals surface area contributed by atoms with E-state index in [-0.39, 0.29) is 6.61 Å². The van der Waals surface area contributed by atoms with Crippen molar-refractivity contribution in [1.82, 2.24) is 5.32 Å². The van der Waals surface area contributed by atoms with E-state index >= 15 is 0 Å². The van der Waals surface area contributed by atoms with Crippen molar-refractivity contribution >= 4 is 15.9 Å². The number of benzene rings is 1. The zero-order valence-electron chi connectivity index (χ0n) is 9.03. The van der Waals surface area contributed by atoms with Crippen LogP contribution in [-0.4, -0.2) is 30.9 Å². The maximum Gasteiger partial charge on any atom is 0.119 e. The maximum atomic E-state index is 9.56. The summed E-state index contributed by atoms with van der Waals surface area (Å²) in [6.45, 7) is 5.06. The number of aliphatic hydroxyl groups excluding tert-OH is 1. The highest BCUT2D eigenvalue weighted by Crippen LogP contribution is 2.16. The molecule has 0 amide bonds. The highest BCUT2D eigenvalue weighted by Gasteiger charge is 2.03. The average molecular weight is 286 g/mol. The van der Waals surface area contributed by atoms with Crippen molar-refractivity contribution < 1.29 is 9.84 Å². The Balaban J connectivity index is 2.23. The standard InChI is InChI=1S/C12H16BrNO2/c1-2-7-14-8-11(15)9-16-12-5-3-10(13)4-6-12/h2-6,11,14-15H,1,7-9H2. The number of halogens is 1. The molecule has 0 aliphatic heterocycles. The van der Waals surface area contributed by atoms with Crippen LogP contribution in [0, 0.1) is 0 Å². The van der Waals surface area contributed by atoms with E-state index in [0.29, 0.717) is 13.1 Å². The molecule has 0 aliphatic carbocycles. The first kappa shape index (κ1) is 13.2. The van der Waals surface area contributed by atoms with Crippen molar-refractivity contribution in [3.63, 3.8) is 0 Å². The summed E-state index contributed by atoms with van der Waals surface area (Å²) in [5.41, 5.74) is 0. The zero-order valence-corrected chi connectivity index (χ0v) is 10.6. The van der Waals surface area contributed by atoms with E-state index in [2.05, 4.69) is 27.8 Å². The van der Waals surface area contributed by atoms with Crippen LogP contribution >= 0.6 is 15.9 Å². The Bertz CT molecular complexity index is 313. The summed E-state index contributed by atoms with van der Waals surface area (Å²) >= 11 is 3.34. The molecule has 4 heteroatoms. The molecular weight excluding hydrogens is 270 g/mol. The summed E-state index contributed by atoms with van der Waals surface area (Å²) in [7, 11) is 0. The van der Waals surface area contributed by atoms with Crippen LogP contribution in [0.5, 0.6) is 5.75 Å². The molecule has 0 bridgehead atoms. The van der Waals surface area contributed by atoms with Crippen LogP contribution in [-0.2, 0) is 0 Å². The highest BCUT2D eigenvalue weighted by atomic mass is 79.9. The molecule has 1 aromatic carbocycles. The summed E-state index contributed by atoms with van der Waals surface area (Å²) in [5.74, 6) is 0.756. The molecule has 0 saturated carbocycles. The van der Waals surface area contributed by atoms with Crippen molar-refractivity contribution in [3.8, 4) is 5.75 Å².